The zero-order chi connectivity index (χ0) is 19.7. The number of benzene rings is 1. The summed E-state index contributed by atoms with van der Waals surface area (Å²) in [7, 11) is 0. The highest BCUT2D eigenvalue weighted by molar-refractivity contribution is 9.10. The van der Waals surface area contributed by atoms with Gasteiger partial charge in [-0.15, -0.1) is 22.7 Å². The first-order valence-corrected chi connectivity index (χ1v) is 11.9. The molecule has 1 aliphatic heterocycles. The van der Waals surface area contributed by atoms with Crippen molar-refractivity contribution < 1.29 is 4.79 Å². The van der Waals surface area contributed by atoms with Crippen molar-refractivity contribution in [2.75, 3.05) is 18.4 Å². The molecule has 4 rings (SSSR count). The van der Waals surface area contributed by atoms with Crippen molar-refractivity contribution in [1.29, 1.82) is 0 Å². The van der Waals surface area contributed by atoms with Gasteiger partial charge in [0.25, 0.3) is 0 Å². The average molecular weight is 479 g/mol. The van der Waals surface area contributed by atoms with Gasteiger partial charge in [-0.25, -0.2) is 4.98 Å². The Bertz CT molecular complexity index is 1010. The van der Waals surface area contributed by atoms with Crippen LogP contribution in [0.4, 0.5) is 5.00 Å². The number of fused-ring (bicyclic) bond motifs is 2. The van der Waals surface area contributed by atoms with Crippen molar-refractivity contribution >= 4 is 59.7 Å². The van der Waals surface area contributed by atoms with Gasteiger partial charge in [-0.3, -0.25) is 4.79 Å². The molecular formula is C20H23BrN4OS2. The van der Waals surface area contributed by atoms with Crippen LogP contribution in [0.2, 0.25) is 0 Å². The highest BCUT2D eigenvalue weighted by Gasteiger charge is 2.25. The molecule has 5 nitrogen and oxygen atoms in total. The molecule has 0 saturated heterocycles. The van der Waals surface area contributed by atoms with E-state index in [0.717, 1.165) is 49.8 Å². The van der Waals surface area contributed by atoms with Gasteiger partial charge in [-0.1, -0.05) is 19.9 Å². The van der Waals surface area contributed by atoms with E-state index in [-0.39, 0.29) is 5.91 Å². The van der Waals surface area contributed by atoms with E-state index in [2.05, 4.69) is 51.8 Å². The molecule has 3 N–H and O–H groups in total. The average Bonchev–Trinajstić information content (AvgIpc) is 3.22. The van der Waals surface area contributed by atoms with E-state index >= 15 is 0 Å². The summed E-state index contributed by atoms with van der Waals surface area (Å²) >= 11 is 6.97. The van der Waals surface area contributed by atoms with Gasteiger partial charge in [0, 0.05) is 40.5 Å². The quantitative estimate of drug-likeness (QED) is 0.477. The first-order valence-electron chi connectivity index (χ1n) is 9.47. The number of hydrogen-bond donors (Lipinski definition) is 3. The van der Waals surface area contributed by atoms with E-state index in [9.17, 15) is 4.79 Å². The summed E-state index contributed by atoms with van der Waals surface area (Å²) in [6.07, 6.45) is 1.42. The van der Waals surface area contributed by atoms with Crippen molar-refractivity contribution in [2.24, 2.45) is 0 Å². The number of thiazole rings is 1. The number of rotatable bonds is 6. The molecule has 0 atom stereocenters. The highest BCUT2D eigenvalue weighted by Crippen LogP contribution is 2.45. The third-order valence-corrected chi connectivity index (χ3v) is 7.49. The SMILES string of the molecule is CC(C)NCCC(=O)Nc1sc2c(c1-c1nc3c(Br)cccc3s1)CCNC2. The largest absolute Gasteiger partial charge is 0.317 e. The molecule has 1 amide bonds. The zero-order valence-corrected chi connectivity index (χ0v) is 19.1. The second-order valence-electron chi connectivity index (χ2n) is 7.15. The van der Waals surface area contributed by atoms with Gasteiger partial charge in [0.05, 0.1) is 10.2 Å². The van der Waals surface area contributed by atoms with Crippen LogP contribution >= 0.6 is 38.6 Å². The number of carbonyl (C=O) groups excluding carboxylic acids is 1. The second kappa shape index (κ2) is 8.59. The van der Waals surface area contributed by atoms with Gasteiger partial charge in [0.15, 0.2) is 0 Å². The topological polar surface area (TPSA) is 66.0 Å². The Morgan fingerprint density at radius 2 is 2.21 bits per heavy atom. The second-order valence-corrected chi connectivity index (χ2v) is 10.1. The number of amides is 1. The molecule has 2 aromatic heterocycles. The Labute approximate surface area is 181 Å². The van der Waals surface area contributed by atoms with E-state index in [1.165, 1.54) is 10.4 Å². The number of nitrogens with one attached hydrogen (secondary N) is 3. The molecule has 1 aliphatic rings. The molecule has 0 unspecified atom stereocenters. The van der Waals surface area contributed by atoms with Crippen molar-refractivity contribution in [1.82, 2.24) is 15.6 Å². The van der Waals surface area contributed by atoms with E-state index in [0.29, 0.717) is 19.0 Å². The summed E-state index contributed by atoms with van der Waals surface area (Å²) in [6.45, 7) is 6.66. The fourth-order valence-electron chi connectivity index (χ4n) is 3.33. The lowest BCUT2D eigenvalue weighted by Crippen LogP contribution is -2.27. The molecule has 0 radical (unpaired) electrons. The number of aromatic nitrogens is 1. The molecule has 0 saturated carbocycles. The van der Waals surface area contributed by atoms with E-state index in [4.69, 9.17) is 4.98 Å². The van der Waals surface area contributed by atoms with Crippen molar-refractivity contribution in [3.63, 3.8) is 0 Å². The van der Waals surface area contributed by atoms with Crippen LogP contribution < -0.4 is 16.0 Å². The number of para-hydroxylation sites is 1. The predicted molar refractivity (Wildman–Crippen MR) is 122 cm³/mol. The Balaban J connectivity index is 1.68. The Kier molecular flexibility index (Phi) is 6.13. The number of halogens is 1. The Hall–Kier alpha value is -1.32. The predicted octanol–water partition coefficient (Wildman–Crippen LogP) is 4.76. The Morgan fingerprint density at radius 3 is 3.00 bits per heavy atom. The highest BCUT2D eigenvalue weighted by atomic mass is 79.9. The smallest absolute Gasteiger partial charge is 0.226 e. The van der Waals surface area contributed by atoms with Gasteiger partial charge in [-0.05, 0) is 46.6 Å². The van der Waals surface area contributed by atoms with Crippen LogP contribution in [0.25, 0.3) is 20.8 Å². The summed E-state index contributed by atoms with van der Waals surface area (Å²) in [6, 6.07) is 6.52. The standard InChI is InChI=1S/C20H23BrN4OS2/c1-11(2)23-9-7-16(26)24-19-17(12-6-8-22-10-15(12)28-19)20-25-18-13(21)4-3-5-14(18)27-20/h3-5,11,22-23H,6-10H2,1-2H3,(H,24,26). The van der Waals surface area contributed by atoms with Crippen LogP contribution in [0.15, 0.2) is 22.7 Å². The summed E-state index contributed by atoms with van der Waals surface area (Å²) in [4.78, 5) is 18.7. The molecule has 3 aromatic rings. The number of nitrogens with zero attached hydrogens (tertiary/aromatic N) is 1. The molecule has 148 valence electrons. The fourth-order valence-corrected chi connectivity index (χ4v) is 6.29. The van der Waals surface area contributed by atoms with Crippen LogP contribution in [0.3, 0.4) is 0 Å². The summed E-state index contributed by atoms with van der Waals surface area (Å²) in [5, 5.41) is 11.8. The lowest BCUT2D eigenvalue weighted by atomic mass is 10.0. The van der Waals surface area contributed by atoms with Gasteiger partial charge in [-0.2, -0.15) is 0 Å². The Morgan fingerprint density at radius 1 is 1.36 bits per heavy atom. The van der Waals surface area contributed by atoms with Crippen molar-refractivity contribution in [3.8, 4) is 10.6 Å². The molecular weight excluding hydrogens is 456 g/mol. The molecule has 0 spiro atoms. The fraction of sp³-hybridized carbons (Fsp3) is 0.400. The number of anilines is 1. The van der Waals surface area contributed by atoms with E-state index in [1.54, 1.807) is 22.7 Å². The van der Waals surface area contributed by atoms with Gasteiger partial charge in [0.1, 0.15) is 10.0 Å². The summed E-state index contributed by atoms with van der Waals surface area (Å²) < 4.78 is 2.15. The minimum absolute atomic E-state index is 0.0447. The van der Waals surface area contributed by atoms with E-state index < -0.39 is 0 Å². The normalized spacial score (nSPS) is 13.9. The van der Waals surface area contributed by atoms with Gasteiger partial charge < -0.3 is 16.0 Å². The van der Waals surface area contributed by atoms with Crippen LogP contribution in [0.1, 0.15) is 30.7 Å². The van der Waals surface area contributed by atoms with Crippen LogP contribution in [0, 0.1) is 0 Å². The molecule has 28 heavy (non-hydrogen) atoms. The lowest BCUT2D eigenvalue weighted by molar-refractivity contribution is -0.116. The van der Waals surface area contributed by atoms with Gasteiger partial charge >= 0.3 is 0 Å². The molecule has 0 aliphatic carbocycles. The maximum absolute atomic E-state index is 12.5. The molecule has 0 bridgehead atoms. The lowest BCUT2D eigenvalue weighted by Gasteiger charge is -2.13. The molecule has 1 aromatic carbocycles. The van der Waals surface area contributed by atoms with Crippen LogP contribution in [-0.4, -0.2) is 30.0 Å². The van der Waals surface area contributed by atoms with E-state index in [1.807, 2.05) is 12.1 Å². The van der Waals surface area contributed by atoms with Crippen LogP contribution in [0.5, 0.6) is 0 Å². The third-order valence-electron chi connectivity index (χ3n) is 4.67. The first-order chi connectivity index (χ1) is 13.5. The van der Waals surface area contributed by atoms with Crippen molar-refractivity contribution in [2.45, 2.75) is 39.3 Å². The number of carbonyl (C=O) groups is 1. The molecule has 8 heteroatoms. The maximum atomic E-state index is 12.5. The van der Waals surface area contributed by atoms with Crippen molar-refractivity contribution in [3.05, 3.63) is 33.1 Å². The molecule has 3 heterocycles. The van der Waals surface area contributed by atoms with Crippen LogP contribution in [-0.2, 0) is 17.8 Å². The number of thiophene rings is 1. The zero-order valence-electron chi connectivity index (χ0n) is 15.9. The minimum atomic E-state index is 0.0447. The maximum Gasteiger partial charge on any atom is 0.226 e. The summed E-state index contributed by atoms with van der Waals surface area (Å²) in [5.74, 6) is 0.0447. The monoisotopic (exact) mass is 478 g/mol. The van der Waals surface area contributed by atoms with Gasteiger partial charge in [0.2, 0.25) is 5.91 Å². The summed E-state index contributed by atoms with van der Waals surface area (Å²) in [5.41, 5.74) is 3.42. The molecule has 0 fully saturated rings. The third kappa shape index (κ3) is 4.16. The number of hydrogen-bond acceptors (Lipinski definition) is 6. The first kappa shape index (κ1) is 20.0. The minimum Gasteiger partial charge on any atom is -0.317 e.